The second-order valence-corrected chi connectivity index (χ2v) is 12.3. The molecule has 0 amide bonds. The van der Waals surface area contributed by atoms with E-state index in [2.05, 4.69) is 133 Å². The zero-order valence-corrected chi connectivity index (χ0v) is 25.4. The highest BCUT2D eigenvalue weighted by Crippen LogP contribution is 2.38. The van der Waals surface area contributed by atoms with E-state index in [0.29, 0.717) is 0 Å². The number of hydrogen-bond acceptors (Lipinski definition) is 2. The van der Waals surface area contributed by atoms with Gasteiger partial charge in [0.05, 0.1) is 5.69 Å². The largest absolute Gasteiger partial charge is 0.150 e. The van der Waals surface area contributed by atoms with E-state index in [0.717, 1.165) is 27.5 Å². The fraction of sp³-hybridized carbons (Fsp3) is 0. The van der Waals surface area contributed by atoms with Crippen LogP contribution in [0.3, 0.4) is 0 Å². The highest BCUT2D eigenvalue weighted by molar-refractivity contribution is 6.25. The van der Waals surface area contributed by atoms with E-state index in [1.54, 1.807) is 4.80 Å². The third-order valence-corrected chi connectivity index (χ3v) is 9.61. The average molecular weight is 598 g/mol. The number of fused-ring (bicyclic) bond motifs is 11. The normalized spacial score (nSPS) is 11.8. The first kappa shape index (κ1) is 26.0. The van der Waals surface area contributed by atoms with Crippen LogP contribution in [0.1, 0.15) is 0 Å². The maximum absolute atomic E-state index is 4.99. The van der Waals surface area contributed by atoms with Gasteiger partial charge in [0.2, 0.25) is 0 Å². The van der Waals surface area contributed by atoms with E-state index in [1.165, 1.54) is 65.3 Å². The van der Waals surface area contributed by atoms with Crippen LogP contribution < -0.4 is 0 Å². The Morgan fingerprint density at radius 1 is 0.340 bits per heavy atom. The van der Waals surface area contributed by atoms with Gasteiger partial charge in [-0.05, 0) is 107 Å². The van der Waals surface area contributed by atoms with Crippen LogP contribution in [-0.4, -0.2) is 15.0 Å². The molecule has 218 valence electrons. The minimum absolute atomic E-state index is 0.887. The molecule has 1 heterocycles. The van der Waals surface area contributed by atoms with Crippen molar-refractivity contribution in [2.75, 3.05) is 0 Å². The van der Waals surface area contributed by atoms with Crippen LogP contribution in [0, 0.1) is 0 Å². The first-order valence-electron chi connectivity index (χ1n) is 16.0. The van der Waals surface area contributed by atoms with Crippen molar-refractivity contribution in [3.8, 4) is 27.9 Å². The molecular formula is C44H27N3. The smallest absolute Gasteiger partial charge is 0.122 e. The number of aromatic nitrogens is 3. The predicted molar refractivity (Wildman–Crippen MR) is 197 cm³/mol. The molecule has 0 fully saturated rings. The van der Waals surface area contributed by atoms with Gasteiger partial charge in [0.15, 0.2) is 0 Å². The molecule has 0 radical (unpaired) electrons. The van der Waals surface area contributed by atoms with Gasteiger partial charge in [0.1, 0.15) is 11.0 Å². The first-order chi connectivity index (χ1) is 23.3. The molecule has 1 aromatic heterocycles. The third kappa shape index (κ3) is 4.07. The summed E-state index contributed by atoms with van der Waals surface area (Å²) < 4.78 is 0. The molecule has 47 heavy (non-hydrogen) atoms. The summed E-state index contributed by atoms with van der Waals surface area (Å²) in [5.74, 6) is 0. The van der Waals surface area contributed by atoms with Gasteiger partial charge in [0, 0.05) is 5.39 Å². The van der Waals surface area contributed by atoms with Crippen molar-refractivity contribution >= 4 is 64.9 Å². The monoisotopic (exact) mass is 597 g/mol. The number of benzene rings is 9. The summed E-state index contributed by atoms with van der Waals surface area (Å²) in [5.41, 5.74) is 7.53. The lowest BCUT2D eigenvalue weighted by Crippen LogP contribution is -1.97. The molecule has 0 aliphatic carbocycles. The zero-order chi connectivity index (χ0) is 30.9. The molecule has 0 unspecified atom stereocenters. The van der Waals surface area contributed by atoms with Crippen LogP contribution in [0.25, 0.3) is 92.8 Å². The van der Waals surface area contributed by atoms with Gasteiger partial charge in [-0.25, -0.2) is 0 Å². The Hall–Kier alpha value is -6.32. The van der Waals surface area contributed by atoms with Crippen molar-refractivity contribution in [3.63, 3.8) is 0 Å². The highest BCUT2D eigenvalue weighted by atomic mass is 15.5. The van der Waals surface area contributed by atoms with Crippen LogP contribution in [-0.2, 0) is 0 Å². The van der Waals surface area contributed by atoms with Crippen molar-refractivity contribution in [3.05, 3.63) is 164 Å². The van der Waals surface area contributed by atoms with Crippen molar-refractivity contribution < 1.29 is 0 Å². The Labute approximate surface area is 270 Å². The van der Waals surface area contributed by atoms with E-state index >= 15 is 0 Å². The van der Waals surface area contributed by atoms with Crippen LogP contribution in [0.4, 0.5) is 0 Å². The topological polar surface area (TPSA) is 30.7 Å². The molecular weight excluding hydrogens is 571 g/mol. The maximum atomic E-state index is 4.99. The molecule has 3 heteroatoms. The third-order valence-electron chi connectivity index (χ3n) is 9.61. The van der Waals surface area contributed by atoms with Gasteiger partial charge in [-0.3, -0.25) is 0 Å². The highest BCUT2D eigenvalue weighted by Gasteiger charge is 2.14. The van der Waals surface area contributed by atoms with E-state index in [1.807, 2.05) is 30.3 Å². The second-order valence-electron chi connectivity index (χ2n) is 12.3. The Morgan fingerprint density at radius 3 is 1.60 bits per heavy atom. The van der Waals surface area contributed by atoms with Crippen molar-refractivity contribution in [1.82, 2.24) is 15.0 Å². The first-order valence-corrected chi connectivity index (χ1v) is 16.0. The molecule has 0 bridgehead atoms. The van der Waals surface area contributed by atoms with E-state index in [-0.39, 0.29) is 0 Å². The van der Waals surface area contributed by atoms with Gasteiger partial charge in [-0.1, -0.05) is 127 Å². The molecule has 0 aliphatic rings. The minimum Gasteiger partial charge on any atom is -0.150 e. The number of para-hydroxylation sites is 1. The summed E-state index contributed by atoms with van der Waals surface area (Å²) in [6, 6.07) is 58.8. The molecule has 0 saturated carbocycles. The van der Waals surface area contributed by atoms with Crippen molar-refractivity contribution in [2.24, 2.45) is 0 Å². The summed E-state index contributed by atoms with van der Waals surface area (Å²) in [7, 11) is 0. The van der Waals surface area contributed by atoms with Gasteiger partial charge >= 0.3 is 0 Å². The molecule has 0 N–H and O–H groups in total. The Kier molecular flexibility index (Phi) is 5.57. The lowest BCUT2D eigenvalue weighted by Gasteiger charge is -2.13. The Balaban J connectivity index is 1.13. The molecule has 9 aromatic carbocycles. The predicted octanol–water partition coefficient (Wildman–Crippen LogP) is 11.5. The second kappa shape index (κ2) is 10.1. The summed E-state index contributed by atoms with van der Waals surface area (Å²) in [6.45, 7) is 0. The summed E-state index contributed by atoms with van der Waals surface area (Å²) in [4.78, 5) is 1.74. The Bertz CT molecular complexity index is 2810. The van der Waals surface area contributed by atoms with Gasteiger partial charge < -0.3 is 0 Å². The molecule has 0 spiro atoms. The number of nitrogens with zero attached hydrogens (tertiary/aromatic N) is 3. The zero-order valence-electron chi connectivity index (χ0n) is 25.4. The van der Waals surface area contributed by atoms with Gasteiger partial charge in [-0.2, -0.15) is 4.80 Å². The lowest BCUT2D eigenvalue weighted by atomic mass is 9.91. The van der Waals surface area contributed by atoms with Crippen LogP contribution >= 0.6 is 0 Å². The van der Waals surface area contributed by atoms with Crippen LogP contribution in [0.5, 0.6) is 0 Å². The lowest BCUT2D eigenvalue weighted by molar-refractivity contribution is 0.766. The fourth-order valence-electron chi connectivity index (χ4n) is 7.34. The molecule has 3 nitrogen and oxygen atoms in total. The molecule has 0 saturated heterocycles. The van der Waals surface area contributed by atoms with E-state index in [9.17, 15) is 0 Å². The van der Waals surface area contributed by atoms with E-state index < -0.39 is 0 Å². The molecule has 10 rings (SSSR count). The van der Waals surface area contributed by atoms with Crippen LogP contribution in [0.2, 0.25) is 0 Å². The van der Waals surface area contributed by atoms with Crippen molar-refractivity contribution in [1.29, 1.82) is 0 Å². The number of hydrogen-bond donors (Lipinski definition) is 0. The average Bonchev–Trinajstić information content (AvgIpc) is 3.60. The summed E-state index contributed by atoms with van der Waals surface area (Å²) in [6.07, 6.45) is 0. The van der Waals surface area contributed by atoms with Gasteiger partial charge in [0.25, 0.3) is 0 Å². The summed E-state index contributed by atoms with van der Waals surface area (Å²) in [5, 5.41) is 22.2. The van der Waals surface area contributed by atoms with Gasteiger partial charge in [-0.15, -0.1) is 10.2 Å². The number of rotatable bonds is 3. The SMILES string of the molecule is c1ccc(-n2nc3ccc4ccc5ccc(-c6cccc(-c7ccc8c9ccccc9c9ccccc9c8c7)c6)cc5c4c3n2)cc1. The van der Waals surface area contributed by atoms with Crippen LogP contribution in [0.15, 0.2) is 164 Å². The summed E-state index contributed by atoms with van der Waals surface area (Å²) >= 11 is 0. The molecule has 0 aliphatic heterocycles. The Morgan fingerprint density at radius 2 is 0.872 bits per heavy atom. The standard InChI is InChI=1S/C44H27N3/c1-2-11-34(12-3-1)47-45-42-24-22-29-19-17-28-18-20-32(26-40(28)43(29)44(42)46-47)30-9-8-10-31(25-30)33-21-23-39-37-15-5-4-13-35(37)36-14-6-7-16-38(36)41(39)27-33/h1-27H. The molecule has 10 aromatic rings. The maximum Gasteiger partial charge on any atom is 0.122 e. The molecule has 0 atom stereocenters. The van der Waals surface area contributed by atoms with Crippen molar-refractivity contribution in [2.45, 2.75) is 0 Å². The fourth-order valence-corrected chi connectivity index (χ4v) is 7.34. The van der Waals surface area contributed by atoms with E-state index in [4.69, 9.17) is 10.2 Å². The minimum atomic E-state index is 0.887. The quantitative estimate of drug-likeness (QED) is 0.190.